The molecule has 16 heavy (non-hydrogen) atoms. The van der Waals surface area contributed by atoms with Gasteiger partial charge in [-0.1, -0.05) is 27.7 Å². The van der Waals surface area contributed by atoms with E-state index in [0.717, 1.165) is 12.3 Å². The van der Waals surface area contributed by atoms with Crippen molar-refractivity contribution >= 4 is 11.3 Å². The van der Waals surface area contributed by atoms with Gasteiger partial charge in [0.2, 0.25) is 0 Å². The molecule has 1 aromatic heterocycles. The molecule has 2 nitrogen and oxygen atoms in total. The molecule has 2 atom stereocenters. The maximum atomic E-state index is 5.82. The molecule has 0 fully saturated rings. The molecule has 0 radical (unpaired) electrons. The summed E-state index contributed by atoms with van der Waals surface area (Å²) in [4.78, 5) is 6.34. The van der Waals surface area contributed by atoms with Gasteiger partial charge in [0.25, 0.3) is 0 Å². The Hall–Kier alpha value is -0.410. The summed E-state index contributed by atoms with van der Waals surface area (Å²) in [7, 11) is 0. The maximum Gasteiger partial charge on any atom is 0.1000 e. The van der Waals surface area contributed by atoms with Gasteiger partial charge in [-0.2, -0.15) is 0 Å². The Labute approximate surface area is 102 Å². The summed E-state index contributed by atoms with van der Waals surface area (Å²) < 4.78 is 0. The maximum absolute atomic E-state index is 5.82. The Balaban J connectivity index is 2.37. The third kappa shape index (κ3) is 2.03. The second kappa shape index (κ2) is 4.11. The van der Waals surface area contributed by atoms with Crippen molar-refractivity contribution in [3.8, 4) is 0 Å². The van der Waals surface area contributed by atoms with Crippen molar-refractivity contribution in [3.05, 3.63) is 15.6 Å². The number of rotatable bonds is 2. The zero-order valence-corrected chi connectivity index (χ0v) is 11.5. The van der Waals surface area contributed by atoms with Gasteiger partial charge in [-0.15, -0.1) is 11.3 Å². The highest BCUT2D eigenvalue weighted by Crippen LogP contribution is 2.40. The fourth-order valence-electron chi connectivity index (χ4n) is 2.40. The zero-order valence-electron chi connectivity index (χ0n) is 10.7. The minimum absolute atomic E-state index is 0.0327. The Morgan fingerprint density at radius 3 is 2.75 bits per heavy atom. The van der Waals surface area contributed by atoms with Gasteiger partial charge in [0, 0.05) is 16.8 Å². The second-order valence-electron chi connectivity index (χ2n) is 5.86. The molecular formula is C13H22N2S. The molecule has 1 heterocycles. The molecule has 2 N–H and O–H groups in total. The minimum Gasteiger partial charge on any atom is -0.330 e. The van der Waals surface area contributed by atoms with E-state index in [2.05, 4.69) is 27.7 Å². The van der Waals surface area contributed by atoms with E-state index in [1.54, 1.807) is 0 Å². The summed E-state index contributed by atoms with van der Waals surface area (Å²) in [6.45, 7) is 9.69. The fourth-order valence-corrected chi connectivity index (χ4v) is 3.66. The van der Waals surface area contributed by atoms with Gasteiger partial charge in [0.1, 0.15) is 0 Å². The van der Waals surface area contributed by atoms with Crippen molar-refractivity contribution in [2.45, 2.75) is 51.9 Å². The summed E-state index contributed by atoms with van der Waals surface area (Å²) in [6.07, 6.45) is 2.45. The number of aromatic nitrogens is 1. The van der Waals surface area contributed by atoms with Crippen LogP contribution < -0.4 is 5.73 Å². The standard InChI is InChI=1S/C13H22N2S/c1-8-5-9(2)11-10(6-8)15-12(16-11)13(3,4)7-14/h8-9H,5-7,14H2,1-4H3. The second-order valence-corrected chi connectivity index (χ2v) is 6.89. The molecule has 0 bridgehead atoms. The van der Waals surface area contributed by atoms with E-state index in [9.17, 15) is 0 Å². The Bertz CT molecular complexity index is 381. The molecule has 0 aromatic carbocycles. The van der Waals surface area contributed by atoms with Crippen LogP contribution in [-0.4, -0.2) is 11.5 Å². The van der Waals surface area contributed by atoms with Gasteiger partial charge >= 0.3 is 0 Å². The van der Waals surface area contributed by atoms with Crippen LogP contribution in [0.4, 0.5) is 0 Å². The van der Waals surface area contributed by atoms with E-state index in [-0.39, 0.29) is 5.41 Å². The van der Waals surface area contributed by atoms with Crippen LogP contribution in [-0.2, 0) is 11.8 Å². The Morgan fingerprint density at radius 2 is 2.12 bits per heavy atom. The highest BCUT2D eigenvalue weighted by atomic mass is 32.1. The monoisotopic (exact) mass is 238 g/mol. The molecular weight excluding hydrogens is 216 g/mol. The van der Waals surface area contributed by atoms with Gasteiger partial charge in [-0.3, -0.25) is 0 Å². The lowest BCUT2D eigenvalue weighted by Gasteiger charge is -2.22. The lowest BCUT2D eigenvalue weighted by atomic mass is 9.85. The predicted octanol–water partition coefficient (Wildman–Crippen LogP) is 3.07. The third-order valence-electron chi connectivity index (χ3n) is 3.56. The molecule has 1 aromatic rings. The van der Waals surface area contributed by atoms with Crippen LogP contribution in [0.1, 0.15) is 55.6 Å². The average molecular weight is 238 g/mol. The lowest BCUT2D eigenvalue weighted by Crippen LogP contribution is -2.27. The van der Waals surface area contributed by atoms with Crippen LogP contribution in [0.25, 0.3) is 0 Å². The number of hydrogen-bond acceptors (Lipinski definition) is 3. The number of nitrogens with zero attached hydrogens (tertiary/aromatic N) is 1. The van der Waals surface area contributed by atoms with Gasteiger partial charge in [-0.05, 0) is 24.7 Å². The van der Waals surface area contributed by atoms with Gasteiger partial charge in [0.15, 0.2) is 0 Å². The van der Waals surface area contributed by atoms with E-state index in [1.165, 1.54) is 22.0 Å². The van der Waals surface area contributed by atoms with E-state index < -0.39 is 0 Å². The topological polar surface area (TPSA) is 38.9 Å². The van der Waals surface area contributed by atoms with Gasteiger partial charge in [-0.25, -0.2) is 4.98 Å². The SMILES string of the molecule is CC1Cc2nc(C(C)(C)CN)sc2C(C)C1. The van der Waals surface area contributed by atoms with E-state index in [1.807, 2.05) is 11.3 Å². The molecule has 1 aliphatic rings. The molecule has 3 heteroatoms. The van der Waals surface area contributed by atoms with Gasteiger partial charge < -0.3 is 5.73 Å². The molecule has 1 aliphatic carbocycles. The highest BCUT2D eigenvalue weighted by molar-refractivity contribution is 7.12. The molecule has 2 unspecified atom stereocenters. The Morgan fingerprint density at radius 1 is 1.44 bits per heavy atom. The third-order valence-corrected chi connectivity index (χ3v) is 5.26. The molecule has 0 aliphatic heterocycles. The van der Waals surface area contributed by atoms with E-state index in [4.69, 9.17) is 10.7 Å². The van der Waals surface area contributed by atoms with Crippen molar-refractivity contribution in [1.29, 1.82) is 0 Å². The molecule has 0 saturated heterocycles. The zero-order chi connectivity index (χ0) is 11.9. The molecule has 90 valence electrons. The fraction of sp³-hybridized carbons (Fsp3) is 0.769. The molecule has 0 saturated carbocycles. The van der Waals surface area contributed by atoms with Crippen molar-refractivity contribution < 1.29 is 0 Å². The number of nitrogens with two attached hydrogens (primary N) is 1. The average Bonchev–Trinajstić information content (AvgIpc) is 2.62. The quantitative estimate of drug-likeness (QED) is 0.860. The highest BCUT2D eigenvalue weighted by Gasteiger charge is 2.30. The van der Waals surface area contributed by atoms with Crippen LogP contribution >= 0.6 is 11.3 Å². The summed E-state index contributed by atoms with van der Waals surface area (Å²) in [5.74, 6) is 1.46. The summed E-state index contributed by atoms with van der Waals surface area (Å²) in [6, 6.07) is 0. The first-order chi connectivity index (χ1) is 7.44. The van der Waals surface area contributed by atoms with Crippen LogP contribution in [0.5, 0.6) is 0 Å². The molecule has 0 spiro atoms. The largest absolute Gasteiger partial charge is 0.330 e. The first-order valence-corrected chi connectivity index (χ1v) is 6.96. The smallest absolute Gasteiger partial charge is 0.1000 e. The van der Waals surface area contributed by atoms with Crippen LogP contribution in [0.15, 0.2) is 0 Å². The van der Waals surface area contributed by atoms with Crippen LogP contribution in [0.2, 0.25) is 0 Å². The summed E-state index contributed by atoms with van der Waals surface area (Å²) >= 11 is 1.89. The van der Waals surface area contributed by atoms with Gasteiger partial charge in [0.05, 0.1) is 10.7 Å². The summed E-state index contributed by atoms with van der Waals surface area (Å²) in [5.41, 5.74) is 7.20. The normalized spacial score (nSPS) is 25.6. The Kier molecular flexibility index (Phi) is 3.10. The van der Waals surface area contributed by atoms with Crippen LogP contribution in [0.3, 0.4) is 0 Å². The van der Waals surface area contributed by atoms with Crippen molar-refractivity contribution in [2.75, 3.05) is 6.54 Å². The number of thiazole rings is 1. The minimum atomic E-state index is 0.0327. The lowest BCUT2D eigenvalue weighted by molar-refractivity contribution is 0.447. The van der Waals surface area contributed by atoms with Crippen molar-refractivity contribution in [2.24, 2.45) is 11.7 Å². The van der Waals surface area contributed by atoms with E-state index >= 15 is 0 Å². The van der Waals surface area contributed by atoms with Crippen molar-refractivity contribution in [1.82, 2.24) is 4.98 Å². The molecule has 2 rings (SSSR count). The van der Waals surface area contributed by atoms with Crippen LogP contribution in [0, 0.1) is 5.92 Å². The first-order valence-electron chi connectivity index (χ1n) is 6.14. The molecule has 0 amide bonds. The summed E-state index contributed by atoms with van der Waals surface area (Å²) in [5, 5.41) is 1.22. The van der Waals surface area contributed by atoms with Crippen molar-refractivity contribution in [3.63, 3.8) is 0 Å². The predicted molar refractivity (Wildman–Crippen MR) is 70.1 cm³/mol. The first kappa shape index (κ1) is 12.1. The number of hydrogen-bond donors (Lipinski definition) is 1. The number of fused-ring (bicyclic) bond motifs is 1. The van der Waals surface area contributed by atoms with E-state index in [0.29, 0.717) is 12.5 Å².